The minimum atomic E-state index is -1.02. The van der Waals surface area contributed by atoms with Crippen LogP contribution in [0.15, 0.2) is 76.7 Å². The molecule has 6 nitrogen and oxygen atoms in total. The van der Waals surface area contributed by atoms with Crippen molar-refractivity contribution in [2.24, 2.45) is 15.7 Å². The topological polar surface area (TPSA) is 83.4 Å². The average Bonchev–Trinajstić information content (AvgIpc) is 3.08. The number of hydrogen-bond donors (Lipinski definition) is 2. The summed E-state index contributed by atoms with van der Waals surface area (Å²) < 4.78 is 5.36. The minimum Gasteiger partial charge on any atom is -0.497 e. The summed E-state index contributed by atoms with van der Waals surface area (Å²) in [6.07, 6.45) is -0.615. The number of hydrogen-bond acceptors (Lipinski definition) is 5. The lowest BCUT2D eigenvalue weighted by Crippen LogP contribution is -2.42. The minimum absolute atomic E-state index is 0.212. The summed E-state index contributed by atoms with van der Waals surface area (Å²) in [5, 5.41) is 11.1. The molecule has 8 heteroatoms. The zero-order valence-electron chi connectivity index (χ0n) is 19.2. The summed E-state index contributed by atoms with van der Waals surface area (Å²) in [6.45, 7) is 1.91. The van der Waals surface area contributed by atoms with Gasteiger partial charge in [-0.1, -0.05) is 53.5 Å². The third-order valence-electron chi connectivity index (χ3n) is 5.76. The Balaban J connectivity index is 1.96. The highest BCUT2D eigenvalue weighted by Gasteiger charge is 2.47. The van der Waals surface area contributed by atoms with Crippen LogP contribution < -0.4 is 10.5 Å². The van der Waals surface area contributed by atoms with Crippen molar-refractivity contribution in [3.8, 4) is 16.9 Å². The molecule has 1 aliphatic heterocycles. The van der Waals surface area contributed by atoms with E-state index >= 15 is 0 Å². The Morgan fingerprint density at radius 3 is 2.32 bits per heavy atom. The lowest BCUT2D eigenvalue weighted by molar-refractivity contribution is 0.203. The molecule has 1 aliphatic rings. The highest BCUT2D eigenvalue weighted by Crippen LogP contribution is 2.42. The van der Waals surface area contributed by atoms with Crippen molar-refractivity contribution in [1.82, 2.24) is 4.90 Å². The maximum Gasteiger partial charge on any atom is 0.198 e. The van der Waals surface area contributed by atoms with E-state index in [1.807, 2.05) is 67.7 Å². The van der Waals surface area contributed by atoms with Gasteiger partial charge in [0.2, 0.25) is 0 Å². The fourth-order valence-corrected chi connectivity index (χ4v) is 4.64. The van der Waals surface area contributed by atoms with Gasteiger partial charge in [0.25, 0.3) is 0 Å². The lowest BCUT2D eigenvalue weighted by Gasteiger charge is -2.30. The molecule has 0 saturated carbocycles. The summed E-state index contributed by atoms with van der Waals surface area (Å²) in [4.78, 5) is 11.5. The summed E-state index contributed by atoms with van der Waals surface area (Å²) in [5.74, 6) is 1.68. The number of benzene rings is 3. The van der Waals surface area contributed by atoms with E-state index in [1.54, 1.807) is 25.0 Å². The number of methoxy groups -OCH3 is 1. The van der Waals surface area contributed by atoms with Crippen LogP contribution in [-0.4, -0.2) is 48.6 Å². The first-order valence-electron chi connectivity index (χ1n) is 10.8. The van der Waals surface area contributed by atoms with E-state index in [4.69, 9.17) is 43.7 Å². The Hall–Kier alpha value is -3.06. The van der Waals surface area contributed by atoms with E-state index in [1.165, 1.54) is 0 Å². The van der Waals surface area contributed by atoms with Crippen molar-refractivity contribution in [3.05, 3.63) is 87.9 Å². The number of aliphatic hydroxyl groups excluding tert-OH is 1. The van der Waals surface area contributed by atoms with Crippen LogP contribution in [0.4, 0.5) is 0 Å². The molecule has 0 spiro atoms. The quantitative estimate of drug-likeness (QED) is 0.505. The van der Waals surface area contributed by atoms with Crippen molar-refractivity contribution in [2.75, 3.05) is 20.7 Å². The monoisotopic (exact) mass is 496 g/mol. The lowest BCUT2D eigenvalue weighted by atomic mass is 9.81. The molecule has 0 aliphatic carbocycles. The molecule has 0 amide bonds. The second-order valence-electron chi connectivity index (χ2n) is 8.22. The molecule has 2 unspecified atom stereocenters. The van der Waals surface area contributed by atoms with Gasteiger partial charge in [0, 0.05) is 17.1 Å². The number of likely N-dealkylation sites (N-methyl/N-ethyl adjacent to an activating group) is 1. The van der Waals surface area contributed by atoms with Gasteiger partial charge in [-0.05, 0) is 65.6 Å². The van der Waals surface area contributed by atoms with Crippen LogP contribution in [0.1, 0.15) is 18.1 Å². The van der Waals surface area contributed by atoms with Gasteiger partial charge in [0.1, 0.15) is 11.6 Å². The van der Waals surface area contributed by atoms with Crippen LogP contribution in [0.5, 0.6) is 5.75 Å². The number of rotatable bonds is 6. The number of aliphatic imine (C=N–C) groups is 2. The van der Waals surface area contributed by atoms with E-state index in [-0.39, 0.29) is 6.54 Å². The van der Waals surface area contributed by atoms with Crippen molar-refractivity contribution in [2.45, 2.75) is 18.6 Å². The molecule has 1 heterocycles. The molecule has 0 radical (unpaired) electrons. The number of aliphatic hydroxyl groups is 1. The third-order valence-corrected chi connectivity index (χ3v) is 6.19. The molecule has 3 aromatic rings. The van der Waals surface area contributed by atoms with E-state index in [0.29, 0.717) is 21.8 Å². The zero-order valence-corrected chi connectivity index (χ0v) is 20.7. The van der Waals surface area contributed by atoms with Gasteiger partial charge in [0.05, 0.1) is 19.8 Å². The van der Waals surface area contributed by atoms with E-state index < -0.39 is 11.6 Å². The molecule has 0 aromatic heterocycles. The van der Waals surface area contributed by atoms with Gasteiger partial charge in [-0.15, -0.1) is 0 Å². The summed E-state index contributed by atoms with van der Waals surface area (Å²) >= 11 is 12.5. The molecular formula is C26H26Cl2N4O2. The molecule has 2 atom stereocenters. The second-order valence-corrected chi connectivity index (χ2v) is 9.09. The molecule has 3 aromatic carbocycles. The smallest absolute Gasteiger partial charge is 0.198 e. The predicted molar refractivity (Wildman–Crippen MR) is 139 cm³/mol. The Labute approximate surface area is 209 Å². The summed E-state index contributed by atoms with van der Waals surface area (Å²) in [6, 6.07) is 21.1. The van der Waals surface area contributed by atoms with E-state index in [9.17, 15) is 5.11 Å². The summed E-state index contributed by atoms with van der Waals surface area (Å²) in [7, 11) is 3.45. The fraction of sp³-hybridized carbons (Fsp3) is 0.231. The van der Waals surface area contributed by atoms with Crippen LogP contribution in [0.2, 0.25) is 10.0 Å². The van der Waals surface area contributed by atoms with Crippen molar-refractivity contribution >= 4 is 35.0 Å². The van der Waals surface area contributed by atoms with Gasteiger partial charge in [-0.25, -0.2) is 4.99 Å². The van der Waals surface area contributed by atoms with Crippen LogP contribution in [0, 0.1) is 0 Å². The molecule has 34 heavy (non-hydrogen) atoms. The number of amidine groups is 1. The fourth-order valence-electron chi connectivity index (χ4n) is 4.12. The number of halogens is 2. The standard InChI is InChI=1S/C26H26Cl2N4O2/c1-16(33)15-30-24-26(31-25(29)32(24)2,19-7-9-23(34-3)10-8-19)20-6-4-5-17(11-20)18-12-21(27)14-22(28)13-18/h4-14,16,33H,15H2,1-3H3,(H2,29,31). The average molecular weight is 497 g/mol. The Morgan fingerprint density at radius 1 is 1.03 bits per heavy atom. The third kappa shape index (κ3) is 4.49. The largest absolute Gasteiger partial charge is 0.497 e. The second kappa shape index (κ2) is 9.66. The van der Waals surface area contributed by atoms with Crippen LogP contribution in [-0.2, 0) is 5.54 Å². The van der Waals surface area contributed by atoms with E-state index in [2.05, 4.69) is 0 Å². The maximum absolute atomic E-state index is 9.95. The zero-order chi connectivity index (χ0) is 24.5. The normalized spacial score (nSPS) is 19.9. The van der Waals surface area contributed by atoms with Crippen LogP contribution in [0.3, 0.4) is 0 Å². The first kappa shape index (κ1) is 24.1. The highest BCUT2D eigenvalue weighted by atomic mass is 35.5. The van der Waals surface area contributed by atoms with Crippen LogP contribution >= 0.6 is 23.2 Å². The van der Waals surface area contributed by atoms with Crippen LogP contribution in [0.25, 0.3) is 11.1 Å². The van der Waals surface area contributed by atoms with Crippen molar-refractivity contribution in [3.63, 3.8) is 0 Å². The molecule has 176 valence electrons. The number of nitrogens with zero attached hydrogens (tertiary/aromatic N) is 3. The highest BCUT2D eigenvalue weighted by molar-refractivity contribution is 6.35. The molecule has 0 bridgehead atoms. The molecule has 0 fully saturated rings. The van der Waals surface area contributed by atoms with Gasteiger partial charge in [-0.3, -0.25) is 4.99 Å². The SMILES string of the molecule is COc1ccc(C2(c3cccc(-c4cc(Cl)cc(Cl)c4)c3)N=C(N)N(C)C2=NCC(C)O)cc1. The first-order valence-corrected chi connectivity index (χ1v) is 11.5. The number of ether oxygens (including phenoxy) is 1. The molecule has 4 rings (SSSR count). The maximum atomic E-state index is 9.95. The van der Waals surface area contributed by atoms with Crippen molar-refractivity contribution in [1.29, 1.82) is 0 Å². The number of nitrogens with two attached hydrogens (primary N) is 1. The molecule has 3 N–H and O–H groups in total. The molecular weight excluding hydrogens is 471 g/mol. The summed E-state index contributed by atoms with van der Waals surface area (Å²) in [5.41, 5.74) is 8.87. The Bertz CT molecular complexity index is 1240. The predicted octanol–water partition coefficient (Wildman–Crippen LogP) is 4.95. The van der Waals surface area contributed by atoms with Gasteiger partial charge in [0.15, 0.2) is 11.5 Å². The number of guanidine groups is 1. The Kier molecular flexibility index (Phi) is 6.84. The Morgan fingerprint density at radius 2 is 1.71 bits per heavy atom. The van der Waals surface area contributed by atoms with Gasteiger partial charge >= 0.3 is 0 Å². The van der Waals surface area contributed by atoms with E-state index in [0.717, 1.165) is 28.0 Å². The van der Waals surface area contributed by atoms with Crippen molar-refractivity contribution < 1.29 is 9.84 Å². The first-order chi connectivity index (χ1) is 16.2. The van der Waals surface area contributed by atoms with Gasteiger partial charge < -0.3 is 20.5 Å². The van der Waals surface area contributed by atoms with Gasteiger partial charge in [-0.2, -0.15) is 0 Å². The molecule has 0 saturated heterocycles.